The molecule has 1 aromatic rings. The summed E-state index contributed by atoms with van der Waals surface area (Å²) in [4.78, 5) is 27.1. The number of nitrogens with zero attached hydrogens (tertiary/aromatic N) is 2. The molecule has 1 fully saturated rings. The van der Waals surface area contributed by atoms with Gasteiger partial charge in [-0.15, -0.1) is 0 Å². The van der Waals surface area contributed by atoms with Crippen molar-refractivity contribution in [2.24, 2.45) is 0 Å². The van der Waals surface area contributed by atoms with Crippen LogP contribution in [0.2, 0.25) is 5.02 Å². The number of benzene rings is 1. The smallest absolute Gasteiger partial charge is 0.329 e. The van der Waals surface area contributed by atoms with Crippen molar-refractivity contribution in [3.63, 3.8) is 0 Å². The van der Waals surface area contributed by atoms with E-state index in [1.165, 1.54) is 30.5 Å². The van der Waals surface area contributed by atoms with Gasteiger partial charge in [0.05, 0.1) is 11.5 Å². The van der Waals surface area contributed by atoms with E-state index in [-0.39, 0.29) is 29.3 Å². The molecule has 0 saturated carbocycles. The van der Waals surface area contributed by atoms with Gasteiger partial charge in [0.15, 0.2) is 11.8 Å². The minimum atomic E-state index is -4.08. The van der Waals surface area contributed by atoms with Crippen LogP contribution in [0.3, 0.4) is 0 Å². The molecule has 1 aromatic carbocycles. The molecule has 1 aliphatic rings. The number of Topliss-reactive ketones (excluding diaryl/α,β-unsaturated/α-hetero) is 1. The average molecular weight is 429 g/mol. The Balaban J connectivity index is 2.67. The van der Waals surface area contributed by atoms with E-state index in [2.05, 4.69) is 0 Å². The van der Waals surface area contributed by atoms with Crippen molar-refractivity contribution in [3.8, 4) is 0 Å². The molecule has 7 nitrogen and oxygen atoms in total. The van der Waals surface area contributed by atoms with E-state index in [1.807, 2.05) is 0 Å². The van der Waals surface area contributed by atoms with E-state index in [1.54, 1.807) is 32.8 Å². The fourth-order valence-corrected chi connectivity index (χ4v) is 5.13. The van der Waals surface area contributed by atoms with Crippen LogP contribution in [-0.4, -0.2) is 62.2 Å². The molecule has 0 aromatic heterocycles. The summed E-state index contributed by atoms with van der Waals surface area (Å²) in [7, 11) is -0.681. The number of hydrogen-bond donors (Lipinski definition) is 0. The lowest BCUT2D eigenvalue weighted by atomic mass is 9.91. The summed E-state index contributed by atoms with van der Waals surface area (Å²) in [5, 5.41) is 0.398. The first-order chi connectivity index (χ1) is 13.1. The highest BCUT2D eigenvalue weighted by Crippen LogP contribution is 2.34. The van der Waals surface area contributed by atoms with Crippen LogP contribution in [-0.2, 0) is 24.3 Å². The SMILES string of the molecule is CCOC(=O)C1/C(=C\N(C)C)C(=O)CC(CC)N1S(=O)(=O)c1ccc(Cl)cc1. The van der Waals surface area contributed by atoms with Crippen molar-refractivity contribution >= 4 is 33.4 Å². The van der Waals surface area contributed by atoms with E-state index < -0.39 is 28.1 Å². The third kappa shape index (κ3) is 4.56. The zero-order chi connectivity index (χ0) is 21.1. The summed E-state index contributed by atoms with van der Waals surface area (Å²) < 4.78 is 33.1. The molecule has 0 N–H and O–H groups in total. The Kier molecular flexibility index (Phi) is 7.25. The lowest BCUT2D eigenvalue weighted by molar-refractivity contribution is -0.149. The summed E-state index contributed by atoms with van der Waals surface area (Å²) in [6.45, 7) is 3.49. The van der Waals surface area contributed by atoms with Crippen molar-refractivity contribution in [1.82, 2.24) is 9.21 Å². The summed E-state index contributed by atoms with van der Waals surface area (Å²) in [6.07, 6.45) is 1.86. The number of halogens is 1. The van der Waals surface area contributed by atoms with Crippen molar-refractivity contribution < 1.29 is 22.7 Å². The lowest BCUT2D eigenvalue weighted by Crippen LogP contribution is -2.57. The van der Waals surface area contributed by atoms with Gasteiger partial charge in [0, 0.05) is 43.4 Å². The van der Waals surface area contributed by atoms with Gasteiger partial charge in [-0.3, -0.25) is 4.79 Å². The molecule has 1 aliphatic heterocycles. The number of ether oxygens (including phenoxy) is 1. The van der Waals surface area contributed by atoms with Gasteiger partial charge in [0.2, 0.25) is 10.0 Å². The van der Waals surface area contributed by atoms with Crippen LogP contribution in [0.25, 0.3) is 0 Å². The minimum absolute atomic E-state index is 0.00109. The fourth-order valence-electron chi connectivity index (χ4n) is 3.18. The van der Waals surface area contributed by atoms with Gasteiger partial charge in [-0.2, -0.15) is 4.31 Å². The highest BCUT2D eigenvalue weighted by Gasteiger charge is 2.49. The maximum atomic E-state index is 13.4. The Morgan fingerprint density at radius 1 is 1.29 bits per heavy atom. The molecule has 1 saturated heterocycles. The number of ketones is 1. The molecule has 154 valence electrons. The third-order valence-electron chi connectivity index (χ3n) is 4.42. The van der Waals surface area contributed by atoms with Crippen LogP contribution in [0.4, 0.5) is 0 Å². The summed E-state index contributed by atoms with van der Waals surface area (Å²) in [6, 6.07) is 3.73. The number of carbonyl (C=O) groups excluding carboxylic acids is 2. The predicted octanol–water partition coefficient (Wildman–Crippen LogP) is 2.46. The molecule has 0 spiro atoms. The Morgan fingerprint density at radius 3 is 2.39 bits per heavy atom. The number of sulfonamides is 1. The van der Waals surface area contributed by atoms with Crippen LogP contribution in [0.1, 0.15) is 26.7 Å². The third-order valence-corrected chi connectivity index (χ3v) is 6.60. The van der Waals surface area contributed by atoms with Crippen LogP contribution in [0, 0.1) is 0 Å². The van der Waals surface area contributed by atoms with Gasteiger partial charge in [0.25, 0.3) is 0 Å². The second-order valence-corrected chi connectivity index (χ2v) is 8.96. The normalized spacial score (nSPS) is 22.3. The molecular formula is C19H25ClN2O5S. The largest absolute Gasteiger partial charge is 0.465 e. The predicted molar refractivity (Wildman–Crippen MR) is 106 cm³/mol. The zero-order valence-electron chi connectivity index (χ0n) is 16.4. The molecule has 2 unspecified atom stereocenters. The van der Waals surface area contributed by atoms with Gasteiger partial charge in [0.1, 0.15) is 0 Å². The van der Waals surface area contributed by atoms with Crippen molar-refractivity contribution in [3.05, 3.63) is 41.1 Å². The van der Waals surface area contributed by atoms with Crippen molar-refractivity contribution in [2.75, 3.05) is 20.7 Å². The number of rotatable bonds is 6. The molecule has 2 rings (SSSR count). The number of esters is 1. The summed E-state index contributed by atoms with van der Waals surface area (Å²) in [5.74, 6) is -1.03. The maximum Gasteiger partial charge on any atom is 0.329 e. The molecular weight excluding hydrogens is 404 g/mol. The van der Waals surface area contributed by atoms with E-state index in [0.29, 0.717) is 11.4 Å². The van der Waals surface area contributed by atoms with Crippen molar-refractivity contribution in [1.29, 1.82) is 0 Å². The zero-order valence-corrected chi connectivity index (χ0v) is 18.0. The first kappa shape index (κ1) is 22.4. The number of piperidine rings is 1. The molecule has 28 heavy (non-hydrogen) atoms. The minimum Gasteiger partial charge on any atom is -0.465 e. The number of hydrogen-bond acceptors (Lipinski definition) is 6. The second-order valence-electron chi connectivity index (χ2n) is 6.68. The second kappa shape index (κ2) is 9.07. The van der Waals surface area contributed by atoms with Gasteiger partial charge >= 0.3 is 5.97 Å². The molecule has 0 radical (unpaired) electrons. The highest BCUT2D eigenvalue weighted by molar-refractivity contribution is 7.89. The standard InChI is InChI=1S/C19H25ClN2O5S/c1-5-14-11-17(23)16(12-21(3)4)18(19(24)27-6-2)22(14)28(25,26)15-9-7-13(20)8-10-15/h7-10,12,14,18H,5-6,11H2,1-4H3/b16-12-. The molecule has 2 atom stereocenters. The quantitative estimate of drug-likeness (QED) is 0.511. The maximum absolute atomic E-state index is 13.4. The van der Waals surface area contributed by atoms with E-state index in [9.17, 15) is 18.0 Å². The first-order valence-corrected chi connectivity index (χ1v) is 10.8. The van der Waals surface area contributed by atoms with Gasteiger partial charge in [-0.1, -0.05) is 18.5 Å². The first-order valence-electron chi connectivity index (χ1n) is 9.00. The van der Waals surface area contributed by atoms with Crippen LogP contribution in [0.15, 0.2) is 40.9 Å². The Morgan fingerprint density at radius 2 is 1.89 bits per heavy atom. The molecule has 0 aliphatic carbocycles. The lowest BCUT2D eigenvalue weighted by Gasteiger charge is -2.40. The van der Waals surface area contributed by atoms with E-state index in [4.69, 9.17) is 16.3 Å². The molecule has 9 heteroatoms. The van der Waals surface area contributed by atoms with Crippen LogP contribution < -0.4 is 0 Å². The summed E-state index contributed by atoms with van der Waals surface area (Å²) in [5.41, 5.74) is 0.102. The van der Waals surface area contributed by atoms with E-state index in [0.717, 1.165) is 4.31 Å². The Bertz CT molecular complexity index is 865. The monoisotopic (exact) mass is 428 g/mol. The van der Waals surface area contributed by atoms with Gasteiger partial charge < -0.3 is 9.64 Å². The molecule has 0 amide bonds. The van der Waals surface area contributed by atoms with E-state index >= 15 is 0 Å². The molecule has 0 bridgehead atoms. The average Bonchev–Trinajstić information content (AvgIpc) is 2.62. The van der Waals surface area contributed by atoms with Gasteiger partial charge in [-0.25, -0.2) is 13.2 Å². The van der Waals surface area contributed by atoms with Crippen molar-refractivity contribution in [2.45, 2.75) is 43.7 Å². The highest BCUT2D eigenvalue weighted by atomic mass is 35.5. The fraction of sp³-hybridized carbons (Fsp3) is 0.474. The summed E-state index contributed by atoms with van der Waals surface area (Å²) >= 11 is 5.88. The van der Waals surface area contributed by atoms with Crippen LogP contribution in [0.5, 0.6) is 0 Å². The Labute approximate surface area is 171 Å². The Hall–Kier alpha value is -1.90. The molecule has 1 heterocycles. The topological polar surface area (TPSA) is 84.0 Å². The van der Waals surface area contributed by atoms with Gasteiger partial charge in [-0.05, 0) is 37.6 Å². The number of carbonyl (C=O) groups is 2. The van der Waals surface area contributed by atoms with Crippen LogP contribution >= 0.6 is 11.6 Å².